The first-order valence-electron chi connectivity index (χ1n) is 8.28. The van der Waals surface area contributed by atoms with Gasteiger partial charge in [0.05, 0.1) is 23.8 Å². The summed E-state index contributed by atoms with van der Waals surface area (Å²) in [7, 11) is 0. The average molecular weight is 353 g/mol. The summed E-state index contributed by atoms with van der Waals surface area (Å²) >= 11 is 0. The second-order valence-corrected chi connectivity index (χ2v) is 6.50. The van der Waals surface area contributed by atoms with Crippen LogP contribution in [-0.2, 0) is 11.3 Å². The number of hydrogen-bond acceptors (Lipinski definition) is 5. The highest BCUT2D eigenvalue weighted by Crippen LogP contribution is 2.28. The summed E-state index contributed by atoms with van der Waals surface area (Å²) in [5.41, 5.74) is 1.78. The topological polar surface area (TPSA) is 83.9 Å². The van der Waals surface area contributed by atoms with Gasteiger partial charge in [0.25, 0.3) is 11.8 Å². The van der Waals surface area contributed by atoms with Gasteiger partial charge in [-0.2, -0.15) is 0 Å². The van der Waals surface area contributed by atoms with E-state index in [2.05, 4.69) is 0 Å². The van der Waals surface area contributed by atoms with Crippen molar-refractivity contribution in [2.24, 2.45) is 0 Å². The van der Waals surface area contributed by atoms with E-state index in [0.717, 1.165) is 4.90 Å². The molecule has 0 unspecified atom stereocenters. The van der Waals surface area contributed by atoms with Gasteiger partial charge >= 0.3 is 5.97 Å². The number of imide groups is 1. The van der Waals surface area contributed by atoms with E-state index in [-0.39, 0.29) is 35.8 Å². The molecule has 6 heteroatoms. The predicted octanol–water partition coefficient (Wildman–Crippen LogP) is 3.06. The first kappa shape index (κ1) is 17.7. The van der Waals surface area contributed by atoms with Crippen molar-refractivity contribution in [3.05, 3.63) is 64.2 Å². The Morgan fingerprint density at radius 1 is 1.12 bits per heavy atom. The number of phenolic OH excluding ortho intramolecular Hbond substituents is 1. The molecule has 3 rings (SSSR count). The lowest BCUT2D eigenvalue weighted by Crippen LogP contribution is -2.29. The molecule has 26 heavy (non-hydrogen) atoms. The molecule has 134 valence electrons. The van der Waals surface area contributed by atoms with Gasteiger partial charge < -0.3 is 9.84 Å². The lowest BCUT2D eigenvalue weighted by molar-refractivity contribution is 0.0374. The van der Waals surface area contributed by atoms with Gasteiger partial charge in [-0.3, -0.25) is 14.5 Å². The molecule has 0 atom stereocenters. The van der Waals surface area contributed by atoms with E-state index in [4.69, 9.17) is 4.74 Å². The summed E-state index contributed by atoms with van der Waals surface area (Å²) in [6, 6.07) is 9.74. The molecule has 6 nitrogen and oxygen atoms in total. The van der Waals surface area contributed by atoms with Crippen LogP contribution in [0.3, 0.4) is 0 Å². The molecule has 0 fully saturated rings. The summed E-state index contributed by atoms with van der Waals surface area (Å²) in [6.45, 7) is 5.08. The number of ether oxygens (including phenoxy) is 1. The van der Waals surface area contributed by atoms with Crippen molar-refractivity contribution in [2.75, 3.05) is 0 Å². The molecule has 0 bridgehead atoms. The Balaban J connectivity index is 1.92. The maximum atomic E-state index is 12.5. The van der Waals surface area contributed by atoms with E-state index in [1.165, 1.54) is 6.07 Å². The Labute approximate surface area is 151 Å². The molecule has 0 aliphatic carbocycles. The Bertz CT molecular complexity index is 881. The van der Waals surface area contributed by atoms with Gasteiger partial charge in [-0.1, -0.05) is 18.2 Å². The van der Waals surface area contributed by atoms with Crippen LogP contribution in [0.25, 0.3) is 0 Å². The quantitative estimate of drug-likeness (QED) is 0.675. The van der Waals surface area contributed by atoms with E-state index in [1.807, 2.05) is 0 Å². The minimum Gasteiger partial charge on any atom is -0.507 e. The van der Waals surface area contributed by atoms with Crippen LogP contribution in [0, 0.1) is 6.92 Å². The number of fused-ring (bicyclic) bond motifs is 1. The van der Waals surface area contributed by atoms with Gasteiger partial charge in [0.2, 0.25) is 0 Å². The van der Waals surface area contributed by atoms with Gasteiger partial charge in [-0.25, -0.2) is 4.79 Å². The van der Waals surface area contributed by atoms with E-state index in [1.54, 1.807) is 51.1 Å². The van der Waals surface area contributed by atoms with Crippen molar-refractivity contribution in [1.29, 1.82) is 0 Å². The maximum absolute atomic E-state index is 12.5. The van der Waals surface area contributed by atoms with Crippen LogP contribution < -0.4 is 0 Å². The fraction of sp³-hybridized carbons (Fsp3) is 0.250. The number of aryl methyl sites for hydroxylation is 1. The second kappa shape index (κ2) is 6.63. The van der Waals surface area contributed by atoms with Crippen molar-refractivity contribution in [2.45, 2.75) is 33.4 Å². The van der Waals surface area contributed by atoms with Gasteiger partial charge in [0.15, 0.2) is 0 Å². The van der Waals surface area contributed by atoms with E-state index in [0.29, 0.717) is 22.3 Å². The zero-order chi connectivity index (χ0) is 19.0. The first-order valence-corrected chi connectivity index (χ1v) is 8.28. The zero-order valence-corrected chi connectivity index (χ0v) is 14.8. The number of phenols is 1. The smallest absolute Gasteiger partial charge is 0.342 e. The van der Waals surface area contributed by atoms with Crippen LogP contribution in [0.2, 0.25) is 0 Å². The number of benzene rings is 2. The largest absolute Gasteiger partial charge is 0.507 e. The summed E-state index contributed by atoms with van der Waals surface area (Å²) < 4.78 is 5.14. The van der Waals surface area contributed by atoms with Crippen molar-refractivity contribution in [3.63, 3.8) is 0 Å². The van der Waals surface area contributed by atoms with Crippen molar-refractivity contribution >= 4 is 17.8 Å². The molecule has 2 aromatic rings. The average Bonchev–Trinajstić information content (AvgIpc) is 2.82. The fourth-order valence-electron chi connectivity index (χ4n) is 2.94. The summed E-state index contributed by atoms with van der Waals surface area (Å²) in [5.74, 6) is -1.56. The third-order valence-corrected chi connectivity index (χ3v) is 4.14. The van der Waals surface area contributed by atoms with E-state index >= 15 is 0 Å². The number of aromatic hydroxyl groups is 1. The minimum absolute atomic E-state index is 0.00935. The first-order chi connectivity index (χ1) is 12.3. The third-order valence-electron chi connectivity index (χ3n) is 4.14. The Morgan fingerprint density at radius 3 is 2.23 bits per heavy atom. The standard InChI is InChI=1S/C20H19NO5/c1-11(2)26-20(25)16-9-13(8-12(3)17(16)22)10-21-18(23)14-6-4-5-7-15(14)19(21)24/h4-9,11,22H,10H2,1-3H3. The van der Waals surface area contributed by atoms with Crippen molar-refractivity contribution in [1.82, 2.24) is 4.90 Å². The molecule has 0 spiro atoms. The van der Waals surface area contributed by atoms with Gasteiger partial charge in [-0.05, 0) is 50.1 Å². The van der Waals surface area contributed by atoms with E-state index in [9.17, 15) is 19.5 Å². The van der Waals surface area contributed by atoms with Crippen LogP contribution >= 0.6 is 0 Å². The van der Waals surface area contributed by atoms with Crippen LogP contribution in [0.5, 0.6) is 5.75 Å². The highest BCUT2D eigenvalue weighted by atomic mass is 16.5. The highest BCUT2D eigenvalue weighted by molar-refractivity contribution is 6.21. The van der Waals surface area contributed by atoms with Gasteiger partial charge in [-0.15, -0.1) is 0 Å². The SMILES string of the molecule is Cc1cc(CN2C(=O)c3ccccc3C2=O)cc(C(=O)OC(C)C)c1O. The summed E-state index contributed by atoms with van der Waals surface area (Å²) in [5, 5.41) is 10.2. The molecule has 0 saturated carbocycles. The molecule has 1 aliphatic rings. The highest BCUT2D eigenvalue weighted by Gasteiger charge is 2.35. The molecular formula is C20H19NO5. The molecule has 0 radical (unpaired) electrons. The lowest BCUT2D eigenvalue weighted by atomic mass is 10.0. The van der Waals surface area contributed by atoms with Crippen molar-refractivity contribution in [3.8, 4) is 5.75 Å². The third kappa shape index (κ3) is 3.06. The van der Waals surface area contributed by atoms with Gasteiger partial charge in [0, 0.05) is 0 Å². The number of esters is 1. The molecule has 1 aliphatic heterocycles. The number of nitrogens with zero attached hydrogens (tertiary/aromatic N) is 1. The number of rotatable bonds is 4. The van der Waals surface area contributed by atoms with Crippen molar-refractivity contribution < 1.29 is 24.2 Å². The van der Waals surface area contributed by atoms with Gasteiger partial charge in [0.1, 0.15) is 11.3 Å². The second-order valence-electron chi connectivity index (χ2n) is 6.50. The Hall–Kier alpha value is -3.15. The number of carbonyl (C=O) groups excluding carboxylic acids is 3. The number of carbonyl (C=O) groups is 3. The lowest BCUT2D eigenvalue weighted by Gasteiger charge is -2.16. The van der Waals surface area contributed by atoms with E-state index < -0.39 is 5.97 Å². The van der Waals surface area contributed by atoms with Crippen LogP contribution in [0.4, 0.5) is 0 Å². The monoisotopic (exact) mass is 353 g/mol. The molecule has 1 N–H and O–H groups in total. The summed E-state index contributed by atoms with van der Waals surface area (Å²) in [4.78, 5) is 38.3. The molecule has 1 heterocycles. The predicted molar refractivity (Wildman–Crippen MR) is 94.0 cm³/mol. The normalized spacial score (nSPS) is 13.3. The molecule has 0 aromatic heterocycles. The number of amides is 2. The fourth-order valence-corrected chi connectivity index (χ4v) is 2.94. The number of hydrogen-bond donors (Lipinski definition) is 1. The molecule has 0 saturated heterocycles. The molecule has 2 amide bonds. The van der Waals surface area contributed by atoms with Crippen LogP contribution in [0.1, 0.15) is 56.0 Å². The van der Waals surface area contributed by atoms with Crippen LogP contribution in [-0.4, -0.2) is 33.9 Å². The Kier molecular flexibility index (Phi) is 4.50. The molecular weight excluding hydrogens is 334 g/mol. The Morgan fingerprint density at radius 2 is 1.69 bits per heavy atom. The molecule has 2 aromatic carbocycles. The maximum Gasteiger partial charge on any atom is 0.342 e. The van der Waals surface area contributed by atoms with Crippen LogP contribution in [0.15, 0.2) is 36.4 Å². The summed E-state index contributed by atoms with van der Waals surface area (Å²) in [6.07, 6.45) is -0.331. The zero-order valence-electron chi connectivity index (χ0n) is 14.8. The minimum atomic E-state index is -0.648.